The summed E-state index contributed by atoms with van der Waals surface area (Å²) < 4.78 is 10.8. The van der Waals surface area contributed by atoms with Crippen molar-refractivity contribution in [2.45, 2.75) is 26.4 Å². The molecule has 25 heavy (non-hydrogen) atoms. The highest BCUT2D eigenvalue weighted by Crippen LogP contribution is 2.30. The Hall–Kier alpha value is -2.47. The van der Waals surface area contributed by atoms with Crippen molar-refractivity contribution >= 4 is 23.5 Å². The van der Waals surface area contributed by atoms with E-state index in [2.05, 4.69) is 13.8 Å². The van der Waals surface area contributed by atoms with Crippen molar-refractivity contribution in [2.75, 3.05) is 18.1 Å². The number of carbonyl (C=O) groups is 3. The lowest BCUT2D eigenvalue weighted by Gasteiger charge is -2.39. The quantitative estimate of drug-likeness (QED) is 0.585. The molecule has 2 aliphatic heterocycles. The third kappa shape index (κ3) is 3.64. The summed E-state index contributed by atoms with van der Waals surface area (Å²) in [5.41, 5.74) is 0.810. The van der Waals surface area contributed by atoms with Gasteiger partial charge in [-0.15, -0.1) is 0 Å². The number of ether oxygens (including phenoxy) is 2. The van der Waals surface area contributed by atoms with Gasteiger partial charge in [0.05, 0.1) is 30.6 Å². The molecule has 0 bridgehead atoms. The monoisotopic (exact) mass is 343 g/mol. The normalized spacial score (nSPS) is 22.4. The Bertz CT molecular complexity index is 689. The zero-order chi connectivity index (χ0) is 18.0. The van der Waals surface area contributed by atoms with Crippen molar-refractivity contribution in [1.82, 2.24) is 0 Å². The topological polar surface area (TPSA) is 72.9 Å². The molecule has 3 rings (SSSR count). The molecule has 2 unspecified atom stereocenters. The van der Waals surface area contributed by atoms with Crippen molar-refractivity contribution in [3.8, 4) is 0 Å². The first kappa shape index (κ1) is 17.4. The molecular formula is C19H21NO5. The van der Waals surface area contributed by atoms with E-state index in [1.54, 1.807) is 24.3 Å². The lowest BCUT2D eigenvalue weighted by Crippen LogP contribution is -2.43. The minimum absolute atomic E-state index is 0.162. The van der Waals surface area contributed by atoms with Crippen LogP contribution in [-0.4, -0.2) is 37.1 Å². The fourth-order valence-electron chi connectivity index (χ4n) is 3.02. The zero-order valence-corrected chi connectivity index (χ0v) is 14.3. The van der Waals surface area contributed by atoms with Crippen LogP contribution in [0.2, 0.25) is 0 Å². The molecule has 2 atom stereocenters. The summed E-state index contributed by atoms with van der Waals surface area (Å²) in [6.45, 7) is 5.42. The number of esters is 1. The number of amides is 2. The Morgan fingerprint density at radius 3 is 2.36 bits per heavy atom. The molecule has 2 amide bonds. The third-order valence-corrected chi connectivity index (χ3v) is 4.64. The molecule has 1 fully saturated rings. The van der Waals surface area contributed by atoms with Crippen LogP contribution in [0.1, 0.15) is 30.6 Å². The van der Waals surface area contributed by atoms with E-state index in [9.17, 15) is 14.4 Å². The van der Waals surface area contributed by atoms with Gasteiger partial charge in [-0.05, 0) is 30.2 Å². The maximum absolute atomic E-state index is 12.1. The van der Waals surface area contributed by atoms with Crippen molar-refractivity contribution in [1.29, 1.82) is 0 Å². The van der Waals surface area contributed by atoms with Crippen LogP contribution in [0.25, 0.3) is 0 Å². The van der Waals surface area contributed by atoms with E-state index in [1.165, 1.54) is 12.2 Å². The first-order valence-corrected chi connectivity index (χ1v) is 8.42. The third-order valence-electron chi connectivity index (χ3n) is 4.64. The van der Waals surface area contributed by atoms with Gasteiger partial charge in [-0.2, -0.15) is 0 Å². The number of benzene rings is 1. The maximum Gasteiger partial charge on any atom is 0.338 e. The lowest BCUT2D eigenvalue weighted by molar-refractivity contribution is -0.139. The summed E-state index contributed by atoms with van der Waals surface area (Å²) in [7, 11) is 0. The van der Waals surface area contributed by atoms with Gasteiger partial charge in [0.25, 0.3) is 11.8 Å². The molecule has 0 spiro atoms. The minimum Gasteiger partial charge on any atom is -0.462 e. The van der Waals surface area contributed by atoms with Crippen LogP contribution in [0.15, 0.2) is 36.4 Å². The summed E-state index contributed by atoms with van der Waals surface area (Å²) in [5.74, 6) is -0.111. The largest absolute Gasteiger partial charge is 0.462 e. The highest BCUT2D eigenvalue weighted by molar-refractivity contribution is 6.28. The lowest BCUT2D eigenvalue weighted by atomic mass is 9.85. The van der Waals surface area contributed by atoms with Crippen LogP contribution in [0.4, 0.5) is 5.69 Å². The average molecular weight is 343 g/mol. The molecule has 1 aromatic rings. The van der Waals surface area contributed by atoms with Crippen LogP contribution < -0.4 is 4.90 Å². The highest BCUT2D eigenvalue weighted by atomic mass is 16.5. The summed E-state index contributed by atoms with van der Waals surface area (Å²) >= 11 is 0. The number of imide groups is 1. The fraction of sp³-hybridized carbons (Fsp3) is 0.421. The second-order valence-electron chi connectivity index (χ2n) is 6.60. The maximum atomic E-state index is 12.1. The van der Waals surface area contributed by atoms with E-state index < -0.39 is 5.97 Å². The summed E-state index contributed by atoms with van der Waals surface area (Å²) in [6.07, 6.45) is 3.29. The van der Waals surface area contributed by atoms with Crippen LogP contribution in [0.5, 0.6) is 0 Å². The van der Waals surface area contributed by atoms with E-state index >= 15 is 0 Å². The van der Waals surface area contributed by atoms with Gasteiger partial charge < -0.3 is 9.47 Å². The summed E-state index contributed by atoms with van der Waals surface area (Å²) in [6, 6.07) is 6.22. The van der Waals surface area contributed by atoms with Gasteiger partial charge in [-0.3, -0.25) is 9.59 Å². The van der Waals surface area contributed by atoms with Crippen LogP contribution in [-0.2, 0) is 19.1 Å². The van der Waals surface area contributed by atoms with Gasteiger partial charge in [0.1, 0.15) is 0 Å². The molecule has 132 valence electrons. The van der Waals surface area contributed by atoms with Gasteiger partial charge in [0.15, 0.2) is 0 Å². The first-order chi connectivity index (χ1) is 12.0. The number of hydrogen-bond donors (Lipinski definition) is 0. The highest BCUT2D eigenvalue weighted by Gasteiger charge is 2.34. The Kier molecular flexibility index (Phi) is 4.99. The predicted octanol–water partition coefficient (Wildman–Crippen LogP) is 2.33. The van der Waals surface area contributed by atoms with Crippen molar-refractivity contribution < 1.29 is 23.9 Å². The minimum atomic E-state index is -0.427. The van der Waals surface area contributed by atoms with Crippen LogP contribution in [0.3, 0.4) is 0 Å². The predicted molar refractivity (Wildman–Crippen MR) is 91.0 cm³/mol. The average Bonchev–Trinajstić information content (AvgIpc) is 2.88. The van der Waals surface area contributed by atoms with Crippen LogP contribution in [0, 0.1) is 11.8 Å². The number of carbonyl (C=O) groups excluding carboxylic acids is 3. The molecule has 2 heterocycles. The fourth-order valence-corrected chi connectivity index (χ4v) is 3.02. The van der Waals surface area contributed by atoms with Gasteiger partial charge in [-0.25, -0.2) is 9.69 Å². The molecule has 6 heteroatoms. The van der Waals surface area contributed by atoms with E-state index in [1.807, 2.05) is 0 Å². The Labute approximate surface area is 146 Å². The molecule has 6 nitrogen and oxygen atoms in total. The van der Waals surface area contributed by atoms with E-state index in [0.29, 0.717) is 36.1 Å². The SMILES string of the molecule is CC(C)C1COC1CCOC(=O)c1ccc(N2C(=O)C=CC2=O)cc1. The van der Waals surface area contributed by atoms with E-state index in [-0.39, 0.29) is 17.9 Å². The number of nitrogens with zero attached hydrogens (tertiary/aromatic N) is 1. The molecule has 0 aliphatic carbocycles. The van der Waals surface area contributed by atoms with Crippen molar-refractivity contribution in [3.63, 3.8) is 0 Å². The molecular weight excluding hydrogens is 322 g/mol. The van der Waals surface area contributed by atoms with Gasteiger partial charge in [-0.1, -0.05) is 13.8 Å². The molecule has 0 aromatic heterocycles. The second kappa shape index (κ2) is 7.19. The molecule has 0 saturated carbocycles. The van der Waals surface area contributed by atoms with Gasteiger partial charge in [0.2, 0.25) is 0 Å². The van der Waals surface area contributed by atoms with Gasteiger partial charge >= 0.3 is 5.97 Å². The zero-order valence-electron chi connectivity index (χ0n) is 14.3. The summed E-state index contributed by atoms with van der Waals surface area (Å²) in [4.78, 5) is 36.4. The second-order valence-corrected chi connectivity index (χ2v) is 6.60. The molecule has 1 saturated heterocycles. The van der Waals surface area contributed by atoms with Crippen molar-refractivity contribution in [2.24, 2.45) is 11.8 Å². The Balaban J connectivity index is 1.51. The number of rotatable bonds is 6. The Morgan fingerprint density at radius 2 is 1.84 bits per heavy atom. The smallest absolute Gasteiger partial charge is 0.338 e. The summed E-state index contributed by atoms with van der Waals surface area (Å²) in [5, 5.41) is 0. The molecule has 0 N–H and O–H groups in total. The van der Waals surface area contributed by atoms with Gasteiger partial charge in [0, 0.05) is 24.5 Å². The number of hydrogen-bond acceptors (Lipinski definition) is 5. The first-order valence-electron chi connectivity index (χ1n) is 8.42. The molecule has 2 aliphatic rings. The Morgan fingerprint density at radius 1 is 1.20 bits per heavy atom. The van der Waals surface area contributed by atoms with E-state index in [4.69, 9.17) is 9.47 Å². The van der Waals surface area contributed by atoms with Crippen LogP contribution >= 0.6 is 0 Å². The molecule has 1 aromatic carbocycles. The number of anilines is 1. The molecule has 0 radical (unpaired) electrons. The van der Waals surface area contributed by atoms with E-state index in [0.717, 1.165) is 11.5 Å². The standard InChI is InChI=1S/C19H21NO5/c1-12(2)15-11-25-16(15)9-10-24-19(23)13-3-5-14(6-4-13)20-17(21)7-8-18(20)22/h3-8,12,15-16H,9-11H2,1-2H3. The van der Waals surface area contributed by atoms with Crippen molar-refractivity contribution in [3.05, 3.63) is 42.0 Å².